The van der Waals surface area contributed by atoms with Crippen molar-refractivity contribution in [2.75, 3.05) is 40.9 Å². The maximum absolute atomic E-state index is 13.0. The van der Waals surface area contributed by atoms with Crippen molar-refractivity contribution in [2.45, 2.75) is 257 Å². The molecule has 0 fully saturated rings. The number of carbonyl (C=O) groups is 1. The highest BCUT2D eigenvalue weighted by molar-refractivity contribution is 7.47. The molecule has 3 unspecified atom stereocenters. The predicted octanol–water partition coefficient (Wildman–Crippen LogP) is 19.3. The van der Waals surface area contributed by atoms with Gasteiger partial charge in [0.25, 0.3) is 0 Å². The Hall–Kier alpha value is -3.10. The van der Waals surface area contributed by atoms with Gasteiger partial charge >= 0.3 is 7.82 Å². The molecule has 0 saturated carbocycles. The second kappa shape index (κ2) is 56.6. The minimum Gasteiger partial charge on any atom is -0.387 e. The summed E-state index contributed by atoms with van der Waals surface area (Å²) in [6.07, 6.45) is 84.6. The zero-order valence-corrected chi connectivity index (χ0v) is 50.6. The van der Waals surface area contributed by atoms with E-state index in [1.807, 2.05) is 27.2 Å². The van der Waals surface area contributed by atoms with Crippen LogP contribution in [0.25, 0.3) is 0 Å². The Morgan fingerprint density at radius 3 is 1.21 bits per heavy atom. The predicted molar refractivity (Wildman–Crippen MR) is 332 cm³/mol. The average Bonchev–Trinajstić information content (AvgIpc) is 3.38. The Bertz CT molecular complexity index is 1650. The van der Waals surface area contributed by atoms with Gasteiger partial charge in [-0.3, -0.25) is 13.8 Å². The topological polar surface area (TPSA) is 105 Å². The number of phosphoric ester groups is 1. The quantitative estimate of drug-likeness (QED) is 0.0243. The van der Waals surface area contributed by atoms with E-state index in [0.29, 0.717) is 17.4 Å². The van der Waals surface area contributed by atoms with Crippen LogP contribution in [-0.2, 0) is 18.4 Å². The van der Waals surface area contributed by atoms with E-state index in [1.54, 1.807) is 6.08 Å². The molecule has 0 bridgehead atoms. The molecule has 0 spiro atoms. The van der Waals surface area contributed by atoms with E-state index >= 15 is 0 Å². The van der Waals surface area contributed by atoms with Crippen molar-refractivity contribution < 1.29 is 32.9 Å². The Balaban J connectivity index is 4.14. The van der Waals surface area contributed by atoms with Crippen molar-refractivity contribution in [2.24, 2.45) is 0 Å². The van der Waals surface area contributed by atoms with Crippen molar-refractivity contribution in [3.63, 3.8) is 0 Å². The number of nitrogens with zero attached hydrogens (tertiary/aromatic N) is 1. The van der Waals surface area contributed by atoms with Crippen molar-refractivity contribution in [3.8, 4) is 0 Å². The van der Waals surface area contributed by atoms with Crippen LogP contribution in [0.2, 0.25) is 0 Å². The first-order chi connectivity index (χ1) is 37.0. The molecular weight excluding hydrogens is 960 g/mol. The zero-order valence-electron chi connectivity index (χ0n) is 49.7. The van der Waals surface area contributed by atoms with Gasteiger partial charge in [0.05, 0.1) is 39.9 Å². The second-order valence-corrected chi connectivity index (χ2v) is 23.1. The molecule has 0 aliphatic carbocycles. The van der Waals surface area contributed by atoms with Crippen molar-refractivity contribution >= 4 is 13.7 Å². The number of aliphatic hydroxyl groups excluding tert-OH is 1. The SMILES string of the molecule is CC/C=C\C/C=C\C/C=C\C/C=C\C/C=C\C/C=C\C/C=C\C/C=C\CCCCCCCCCCCCCCC(=O)NC(COP(=O)(O)OCC[N+](C)(C)C)C(O)/C=C/CC/C=C/CCCCCCCCCCCCC. The normalized spacial score (nSPS) is 14.7. The van der Waals surface area contributed by atoms with Gasteiger partial charge in [-0.25, -0.2) is 4.57 Å². The number of nitrogens with one attached hydrogen (secondary N) is 1. The molecule has 0 radical (unpaired) electrons. The summed E-state index contributed by atoms with van der Waals surface area (Å²) in [4.78, 5) is 23.3. The van der Waals surface area contributed by atoms with Gasteiger partial charge in [0.2, 0.25) is 5.91 Å². The first kappa shape index (κ1) is 72.9. The molecule has 1 amide bonds. The van der Waals surface area contributed by atoms with E-state index in [2.05, 4.69) is 129 Å². The van der Waals surface area contributed by atoms with Crippen molar-refractivity contribution in [1.82, 2.24) is 5.32 Å². The van der Waals surface area contributed by atoms with Gasteiger partial charge in [-0.15, -0.1) is 0 Å². The fourth-order valence-corrected chi connectivity index (χ4v) is 9.10. The lowest BCUT2D eigenvalue weighted by molar-refractivity contribution is -0.870. The average molecular weight is 1080 g/mol. The van der Waals surface area contributed by atoms with Gasteiger partial charge in [-0.2, -0.15) is 0 Å². The fourth-order valence-electron chi connectivity index (χ4n) is 8.37. The van der Waals surface area contributed by atoms with E-state index in [1.165, 1.54) is 135 Å². The van der Waals surface area contributed by atoms with E-state index in [-0.39, 0.29) is 19.1 Å². The van der Waals surface area contributed by atoms with Crippen LogP contribution < -0.4 is 5.32 Å². The number of carbonyl (C=O) groups excluding carboxylic acids is 1. The summed E-state index contributed by atoms with van der Waals surface area (Å²) in [6, 6.07) is -0.872. The third-order valence-electron chi connectivity index (χ3n) is 13.2. The van der Waals surface area contributed by atoms with Crippen LogP contribution in [0.3, 0.4) is 0 Å². The first-order valence-corrected chi connectivity index (χ1v) is 32.4. The van der Waals surface area contributed by atoms with Crippen LogP contribution in [0.4, 0.5) is 0 Å². The number of unbranched alkanes of at least 4 members (excludes halogenated alkanes) is 24. The summed E-state index contributed by atoms with van der Waals surface area (Å²) in [6.45, 7) is 4.68. The number of likely N-dealkylation sites (N-methyl/N-ethyl adjacent to an activating group) is 1. The van der Waals surface area contributed by atoms with Gasteiger partial charge in [-0.1, -0.05) is 264 Å². The standard InChI is InChI=1S/C67H117N2O6P/c1-6-8-10-12-14-16-18-20-22-24-25-26-27-28-29-30-31-32-33-34-35-36-37-38-39-40-41-42-43-45-47-49-51-53-55-57-59-61-67(71)68-65(64-75-76(72,73)74-63-62-69(3,4)5)66(70)60-58-56-54-52-50-48-46-44-23-21-19-17-15-13-11-9-7-2/h8,10,14,16,20,22,25-26,28-29,31-32,34-35,37-38,50,52,58,60,65-66,70H,6-7,9,11-13,15,17-19,21,23-24,27,30,33,36,39-49,51,53-57,59,61-64H2,1-5H3,(H-,68,71,72,73)/p+1/b10-8-,16-14-,22-20-,26-25-,29-28-,32-31-,35-34-,38-37-,52-50+,60-58+. The molecule has 0 aromatic heterocycles. The molecule has 0 saturated heterocycles. The van der Waals surface area contributed by atoms with Crippen LogP contribution in [0, 0.1) is 0 Å². The van der Waals surface area contributed by atoms with E-state index in [9.17, 15) is 19.4 Å². The summed E-state index contributed by atoms with van der Waals surface area (Å²) in [7, 11) is 1.54. The van der Waals surface area contributed by atoms with Crippen LogP contribution in [-0.4, -0.2) is 73.4 Å². The molecule has 76 heavy (non-hydrogen) atoms. The molecule has 3 atom stereocenters. The largest absolute Gasteiger partial charge is 0.472 e. The molecule has 0 heterocycles. The molecule has 0 aliphatic rings. The molecule has 9 heteroatoms. The van der Waals surface area contributed by atoms with Crippen LogP contribution in [0.1, 0.15) is 245 Å². The van der Waals surface area contributed by atoms with Crippen LogP contribution in [0.15, 0.2) is 122 Å². The van der Waals surface area contributed by atoms with Gasteiger partial charge in [0.1, 0.15) is 13.2 Å². The molecule has 0 aromatic rings. The lowest BCUT2D eigenvalue weighted by Crippen LogP contribution is -2.45. The number of amides is 1. The Kier molecular flexibility index (Phi) is 54.3. The molecule has 0 rings (SSSR count). The number of quaternary nitrogens is 1. The van der Waals surface area contributed by atoms with Gasteiger partial charge < -0.3 is 19.8 Å². The minimum absolute atomic E-state index is 0.0509. The molecule has 0 aliphatic heterocycles. The van der Waals surface area contributed by atoms with Gasteiger partial charge in [0.15, 0.2) is 0 Å². The Morgan fingerprint density at radius 1 is 0.461 bits per heavy atom. The van der Waals surface area contributed by atoms with Crippen LogP contribution in [0.5, 0.6) is 0 Å². The molecule has 3 N–H and O–H groups in total. The second-order valence-electron chi connectivity index (χ2n) is 21.7. The summed E-state index contributed by atoms with van der Waals surface area (Å²) in [5, 5.41) is 13.9. The highest BCUT2D eigenvalue weighted by atomic mass is 31.2. The Labute approximate surface area is 469 Å². The smallest absolute Gasteiger partial charge is 0.387 e. The lowest BCUT2D eigenvalue weighted by Gasteiger charge is -2.25. The summed E-state index contributed by atoms with van der Waals surface area (Å²) >= 11 is 0. The van der Waals surface area contributed by atoms with E-state index in [4.69, 9.17) is 9.05 Å². The molecule has 436 valence electrons. The van der Waals surface area contributed by atoms with Crippen LogP contribution >= 0.6 is 7.82 Å². The fraction of sp³-hybridized carbons (Fsp3) is 0.687. The summed E-state index contributed by atoms with van der Waals surface area (Å²) in [5.41, 5.74) is 0. The highest BCUT2D eigenvalue weighted by Crippen LogP contribution is 2.43. The number of rotatable bonds is 55. The zero-order chi connectivity index (χ0) is 55.6. The summed E-state index contributed by atoms with van der Waals surface area (Å²) < 4.78 is 23.7. The van der Waals surface area contributed by atoms with Crippen molar-refractivity contribution in [3.05, 3.63) is 122 Å². The molecule has 8 nitrogen and oxygen atoms in total. The maximum atomic E-state index is 13.0. The Morgan fingerprint density at radius 2 is 0.803 bits per heavy atom. The van der Waals surface area contributed by atoms with Gasteiger partial charge in [0, 0.05) is 6.42 Å². The number of hydrogen-bond donors (Lipinski definition) is 3. The number of aliphatic hydroxyl groups is 1. The number of phosphoric acid groups is 1. The first-order valence-electron chi connectivity index (χ1n) is 30.9. The van der Waals surface area contributed by atoms with Crippen molar-refractivity contribution in [1.29, 1.82) is 0 Å². The minimum atomic E-state index is -4.36. The van der Waals surface area contributed by atoms with Gasteiger partial charge in [-0.05, 0) is 96.3 Å². The lowest BCUT2D eigenvalue weighted by atomic mass is 10.0. The van der Waals surface area contributed by atoms with E-state index in [0.717, 1.165) is 89.9 Å². The third-order valence-corrected chi connectivity index (χ3v) is 14.1. The highest BCUT2D eigenvalue weighted by Gasteiger charge is 2.27. The third kappa shape index (κ3) is 58.6. The number of allylic oxidation sites excluding steroid dienone is 19. The van der Waals surface area contributed by atoms with E-state index < -0.39 is 20.0 Å². The number of hydrogen-bond acceptors (Lipinski definition) is 5. The summed E-state index contributed by atoms with van der Waals surface area (Å²) in [5.74, 6) is -0.193. The molecular formula is C67H118N2O6P+. The maximum Gasteiger partial charge on any atom is 0.472 e. The monoisotopic (exact) mass is 1080 g/mol. The molecule has 0 aromatic carbocycles.